The Kier molecular flexibility index (Phi) is 2.81. The van der Waals surface area contributed by atoms with Crippen LogP contribution in [0.15, 0.2) is 35.2 Å². The highest BCUT2D eigenvalue weighted by atomic mass is 32.2. The maximum Gasteiger partial charge on any atom is 0.297 e. The predicted octanol–water partition coefficient (Wildman–Crippen LogP) is 2.44. The molecule has 0 atom stereocenters. The molecule has 0 aromatic heterocycles. The first kappa shape index (κ1) is 11.9. The Labute approximate surface area is 100 Å². The van der Waals surface area contributed by atoms with Crippen LogP contribution in [0, 0.1) is 6.92 Å². The molecular weight excluding hydrogens is 238 g/mol. The van der Waals surface area contributed by atoms with Gasteiger partial charge in [-0.25, -0.2) is 0 Å². The maximum atomic E-state index is 11.5. The number of hydrogen-bond donors (Lipinski definition) is 2. The van der Waals surface area contributed by atoms with Crippen molar-refractivity contribution in [2.45, 2.75) is 11.8 Å². The van der Waals surface area contributed by atoms with Crippen molar-refractivity contribution in [3.8, 4) is 0 Å². The van der Waals surface area contributed by atoms with Gasteiger partial charge < -0.3 is 5.32 Å². The van der Waals surface area contributed by atoms with Gasteiger partial charge in [0.05, 0.1) is 5.69 Å². The molecule has 0 spiro atoms. The second kappa shape index (κ2) is 4.01. The lowest BCUT2D eigenvalue weighted by molar-refractivity contribution is 0.484. The third-order valence-electron chi connectivity index (χ3n) is 2.76. The molecule has 2 aromatic carbocycles. The van der Waals surface area contributed by atoms with Gasteiger partial charge in [0.15, 0.2) is 0 Å². The monoisotopic (exact) mass is 251 g/mol. The van der Waals surface area contributed by atoms with Crippen molar-refractivity contribution in [1.29, 1.82) is 0 Å². The molecule has 0 saturated heterocycles. The van der Waals surface area contributed by atoms with Crippen LogP contribution in [-0.2, 0) is 10.1 Å². The normalized spacial score (nSPS) is 11.7. The molecule has 17 heavy (non-hydrogen) atoms. The molecule has 0 amide bonds. The topological polar surface area (TPSA) is 66.4 Å². The third kappa shape index (κ3) is 1.99. The number of aryl methyl sites for hydroxylation is 1. The highest BCUT2D eigenvalue weighted by Crippen LogP contribution is 2.31. The van der Waals surface area contributed by atoms with Crippen molar-refractivity contribution in [3.05, 3.63) is 35.9 Å². The quantitative estimate of drug-likeness (QED) is 0.804. The Morgan fingerprint density at radius 2 is 1.82 bits per heavy atom. The highest BCUT2D eigenvalue weighted by molar-refractivity contribution is 7.86. The van der Waals surface area contributed by atoms with E-state index >= 15 is 0 Å². The van der Waals surface area contributed by atoms with E-state index in [0.29, 0.717) is 11.1 Å². The summed E-state index contributed by atoms with van der Waals surface area (Å²) in [6.07, 6.45) is 0. The Balaban J connectivity index is 3.00. The van der Waals surface area contributed by atoms with Gasteiger partial charge in [0.2, 0.25) is 0 Å². The van der Waals surface area contributed by atoms with Gasteiger partial charge in [-0.2, -0.15) is 8.42 Å². The van der Waals surface area contributed by atoms with Crippen LogP contribution in [0.1, 0.15) is 5.56 Å². The van der Waals surface area contributed by atoms with Crippen LogP contribution in [-0.4, -0.2) is 20.0 Å². The minimum Gasteiger partial charge on any atom is -0.387 e. The Hall–Kier alpha value is -1.59. The first-order chi connectivity index (χ1) is 7.95. The largest absolute Gasteiger partial charge is 0.387 e. The van der Waals surface area contributed by atoms with Crippen LogP contribution in [0.5, 0.6) is 0 Å². The molecule has 0 aliphatic rings. The number of fused-ring (bicyclic) bond motifs is 1. The van der Waals surface area contributed by atoms with Gasteiger partial charge in [-0.05, 0) is 23.9 Å². The molecule has 0 heterocycles. The number of hydrogen-bond acceptors (Lipinski definition) is 3. The van der Waals surface area contributed by atoms with Crippen LogP contribution >= 0.6 is 0 Å². The summed E-state index contributed by atoms with van der Waals surface area (Å²) in [5.74, 6) is 0. The molecule has 2 N–H and O–H groups in total. The van der Waals surface area contributed by atoms with Crippen molar-refractivity contribution in [3.63, 3.8) is 0 Å². The predicted molar refractivity (Wildman–Crippen MR) is 68.0 cm³/mol. The summed E-state index contributed by atoms with van der Waals surface area (Å²) in [5, 5.41) is 4.12. The summed E-state index contributed by atoms with van der Waals surface area (Å²) < 4.78 is 32.2. The SMILES string of the molecule is CNc1ccc2c(C)cccc2c1S(=O)(=O)O. The number of anilines is 1. The zero-order valence-corrected chi connectivity index (χ0v) is 10.4. The van der Waals surface area contributed by atoms with Crippen LogP contribution in [0.25, 0.3) is 10.8 Å². The highest BCUT2D eigenvalue weighted by Gasteiger charge is 2.19. The van der Waals surface area contributed by atoms with Crippen LogP contribution in [0.3, 0.4) is 0 Å². The Morgan fingerprint density at radius 3 is 2.41 bits per heavy atom. The van der Waals surface area contributed by atoms with Crippen LogP contribution in [0.2, 0.25) is 0 Å². The molecule has 0 radical (unpaired) electrons. The van der Waals surface area contributed by atoms with Crippen molar-refractivity contribution >= 4 is 26.6 Å². The van der Waals surface area contributed by atoms with Crippen molar-refractivity contribution in [1.82, 2.24) is 0 Å². The van der Waals surface area contributed by atoms with Gasteiger partial charge in [-0.15, -0.1) is 0 Å². The van der Waals surface area contributed by atoms with E-state index in [0.717, 1.165) is 10.9 Å². The zero-order chi connectivity index (χ0) is 12.6. The van der Waals surface area contributed by atoms with Gasteiger partial charge in [-0.1, -0.05) is 24.3 Å². The van der Waals surface area contributed by atoms with Gasteiger partial charge in [-0.3, -0.25) is 4.55 Å². The van der Waals surface area contributed by atoms with E-state index < -0.39 is 10.1 Å². The summed E-state index contributed by atoms with van der Waals surface area (Å²) in [6.45, 7) is 1.90. The van der Waals surface area contributed by atoms with Crippen LogP contribution in [0.4, 0.5) is 5.69 Å². The molecule has 0 aliphatic carbocycles. The van der Waals surface area contributed by atoms with Crippen molar-refractivity contribution in [2.75, 3.05) is 12.4 Å². The minimum absolute atomic E-state index is 0.0683. The molecule has 0 bridgehead atoms. The molecule has 0 fully saturated rings. The lowest BCUT2D eigenvalue weighted by Gasteiger charge is -2.11. The van der Waals surface area contributed by atoms with E-state index in [1.54, 1.807) is 25.2 Å². The van der Waals surface area contributed by atoms with E-state index in [2.05, 4.69) is 5.32 Å². The first-order valence-corrected chi connectivity index (χ1v) is 6.56. The summed E-state index contributed by atoms with van der Waals surface area (Å²) in [5.41, 5.74) is 1.36. The van der Waals surface area contributed by atoms with Gasteiger partial charge in [0.25, 0.3) is 10.1 Å². The second-order valence-electron chi connectivity index (χ2n) is 3.84. The molecule has 4 nitrogen and oxygen atoms in total. The lowest BCUT2D eigenvalue weighted by atomic mass is 10.0. The number of rotatable bonds is 2. The van der Waals surface area contributed by atoms with Crippen molar-refractivity contribution in [2.24, 2.45) is 0 Å². The fourth-order valence-corrected chi connectivity index (χ4v) is 2.87. The van der Waals surface area contributed by atoms with E-state index in [-0.39, 0.29) is 4.90 Å². The molecular formula is C12H13NO3S. The van der Waals surface area contributed by atoms with Crippen LogP contribution < -0.4 is 5.32 Å². The molecule has 0 unspecified atom stereocenters. The molecule has 0 saturated carbocycles. The van der Waals surface area contributed by atoms with Gasteiger partial charge in [0, 0.05) is 12.4 Å². The molecule has 2 aromatic rings. The maximum absolute atomic E-state index is 11.5. The first-order valence-electron chi connectivity index (χ1n) is 5.12. The minimum atomic E-state index is -4.25. The lowest BCUT2D eigenvalue weighted by Crippen LogP contribution is -2.04. The second-order valence-corrected chi connectivity index (χ2v) is 5.20. The average Bonchev–Trinajstić information content (AvgIpc) is 2.26. The Bertz CT molecular complexity index is 677. The summed E-state index contributed by atoms with van der Waals surface area (Å²) in [6, 6.07) is 8.84. The van der Waals surface area contributed by atoms with Gasteiger partial charge in [0.1, 0.15) is 4.90 Å². The fourth-order valence-electron chi connectivity index (χ4n) is 1.96. The van der Waals surface area contributed by atoms with Crippen molar-refractivity contribution < 1.29 is 13.0 Å². The van der Waals surface area contributed by atoms with E-state index in [1.165, 1.54) is 0 Å². The fraction of sp³-hybridized carbons (Fsp3) is 0.167. The summed E-state index contributed by atoms with van der Waals surface area (Å²) in [7, 11) is -2.63. The molecule has 0 aliphatic heterocycles. The summed E-state index contributed by atoms with van der Waals surface area (Å²) >= 11 is 0. The number of nitrogens with one attached hydrogen (secondary N) is 1. The summed E-state index contributed by atoms with van der Waals surface area (Å²) in [4.78, 5) is -0.0683. The standard InChI is InChI=1S/C12H13NO3S/c1-8-4-3-5-10-9(8)6-7-11(13-2)12(10)17(14,15)16/h3-7,13H,1-2H3,(H,14,15,16). The van der Waals surface area contributed by atoms with E-state index in [9.17, 15) is 13.0 Å². The zero-order valence-electron chi connectivity index (χ0n) is 9.56. The molecule has 2 rings (SSSR count). The Morgan fingerprint density at radius 1 is 1.12 bits per heavy atom. The molecule has 90 valence electrons. The van der Waals surface area contributed by atoms with E-state index in [1.807, 2.05) is 19.1 Å². The van der Waals surface area contributed by atoms with Gasteiger partial charge >= 0.3 is 0 Å². The van der Waals surface area contributed by atoms with E-state index in [4.69, 9.17) is 0 Å². The number of benzene rings is 2. The smallest absolute Gasteiger partial charge is 0.297 e. The average molecular weight is 251 g/mol. The molecule has 5 heteroatoms. The third-order valence-corrected chi connectivity index (χ3v) is 3.71.